The van der Waals surface area contributed by atoms with Crippen molar-refractivity contribution in [2.24, 2.45) is 0 Å². The highest BCUT2D eigenvalue weighted by atomic mass is 19.4. The molecule has 0 fully saturated rings. The van der Waals surface area contributed by atoms with E-state index in [1.807, 2.05) is 0 Å². The van der Waals surface area contributed by atoms with Gasteiger partial charge in [-0.25, -0.2) is 4.79 Å². The predicted octanol–water partition coefficient (Wildman–Crippen LogP) is 7.01. The summed E-state index contributed by atoms with van der Waals surface area (Å²) < 4.78 is 77.8. The van der Waals surface area contributed by atoms with Crippen molar-refractivity contribution < 1.29 is 40.7 Å². The molecule has 0 aliphatic rings. The van der Waals surface area contributed by atoms with E-state index in [4.69, 9.17) is 0 Å². The largest absolute Gasteiger partial charge is 0.490 e. The Hall–Kier alpha value is -1.48. The summed E-state index contributed by atoms with van der Waals surface area (Å²) in [5.74, 6) is -4.76. The molecule has 0 saturated heterocycles. The van der Waals surface area contributed by atoms with Gasteiger partial charge in [-0.05, 0) is 6.42 Å². The summed E-state index contributed by atoms with van der Waals surface area (Å²) in [5, 5.41) is 1.60. The average Bonchev–Trinajstić information content (AvgIpc) is 2.70. The van der Waals surface area contributed by atoms with Crippen molar-refractivity contribution in [2.75, 3.05) is 6.61 Å². The molecular weight excluding hydrogens is 440 g/mol. The van der Waals surface area contributed by atoms with Crippen molar-refractivity contribution in [1.82, 2.24) is 5.32 Å². The lowest BCUT2D eigenvalue weighted by Gasteiger charge is -2.20. The molecule has 0 heterocycles. The first-order chi connectivity index (χ1) is 15.0. The monoisotopic (exact) mass is 477 g/mol. The molecule has 1 atom stereocenters. The maximum atomic E-state index is 12.4. The Morgan fingerprint density at radius 3 is 1.47 bits per heavy atom. The van der Waals surface area contributed by atoms with Crippen LogP contribution in [0.1, 0.15) is 103 Å². The molecule has 0 radical (unpaired) electrons. The second kappa shape index (κ2) is 17.1. The van der Waals surface area contributed by atoms with E-state index in [-0.39, 0.29) is 6.42 Å². The molecule has 10 heteroatoms. The van der Waals surface area contributed by atoms with E-state index in [2.05, 4.69) is 11.7 Å². The fourth-order valence-electron chi connectivity index (χ4n) is 3.31. The van der Waals surface area contributed by atoms with Crippen LogP contribution in [-0.2, 0) is 14.3 Å². The van der Waals surface area contributed by atoms with Gasteiger partial charge >= 0.3 is 24.2 Å². The lowest BCUT2D eigenvalue weighted by molar-refractivity contribution is -0.200. The van der Waals surface area contributed by atoms with Gasteiger partial charge < -0.3 is 10.1 Å². The van der Waals surface area contributed by atoms with Gasteiger partial charge in [0.2, 0.25) is 0 Å². The molecular formula is C22H37F6NO3. The van der Waals surface area contributed by atoms with Crippen LogP contribution in [0, 0.1) is 0 Å². The zero-order chi connectivity index (χ0) is 24.5. The Bertz CT molecular complexity index is 509. The van der Waals surface area contributed by atoms with Gasteiger partial charge in [-0.2, -0.15) is 26.3 Å². The van der Waals surface area contributed by atoms with E-state index in [0.717, 1.165) is 25.7 Å². The molecule has 0 spiro atoms. The van der Waals surface area contributed by atoms with Crippen LogP contribution >= 0.6 is 0 Å². The molecule has 0 rings (SSSR count). The molecule has 0 aromatic rings. The highest BCUT2D eigenvalue weighted by Crippen LogP contribution is 2.19. The lowest BCUT2D eigenvalue weighted by atomic mass is 10.0. The van der Waals surface area contributed by atoms with Gasteiger partial charge in [-0.3, -0.25) is 4.79 Å². The van der Waals surface area contributed by atoms with Crippen molar-refractivity contribution in [3.63, 3.8) is 0 Å². The summed E-state index contributed by atoms with van der Waals surface area (Å²) in [6, 6.07) is -1.33. The normalized spacial score (nSPS) is 13.1. The van der Waals surface area contributed by atoms with Crippen molar-refractivity contribution in [1.29, 1.82) is 0 Å². The maximum absolute atomic E-state index is 12.4. The first-order valence-corrected chi connectivity index (χ1v) is 11.6. The SMILES string of the molecule is CCCCCCCCCCCCCCCCC(COC(=O)C(F)(F)F)NC(=O)C(F)(F)F. The van der Waals surface area contributed by atoms with Gasteiger partial charge in [0.25, 0.3) is 0 Å². The molecule has 32 heavy (non-hydrogen) atoms. The highest BCUT2D eigenvalue weighted by Gasteiger charge is 2.42. The van der Waals surface area contributed by atoms with Crippen LogP contribution in [0.5, 0.6) is 0 Å². The first-order valence-electron chi connectivity index (χ1n) is 11.6. The smallest absolute Gasteiger partial charge is 0.457 e. The molecule has 4 nitrogen and oxygen atoms in total. The van der Waals surface area contributed by atoms with Crippen LogP contribution < -0.4 is 5.32 Å². The van der Waals surface area contributed by atoms with Crippen LogP contribution in [-0.4, -0.2) is 36.9 Å². The number of amides is 1. The summed E-state index contributed by atoms with van der Waals surface area (Å²) in [7, 11) is 0. The summed E-state index contributed by atoms with van der Waals surface area (Å²) in [6.45, 7) is 1.23. The number of alkyl halides is 6. The molecule has 0 saturated carbocycles. The van der Waals surface area contributed by atoms with Crippen molar-refractivity contribution >= 4 is 11.9 Å². The Labute approximate surface area is 186 Å². The number of hydrogen-bond donors (Lipinski definition) is 1. The molecule has 1 amide bonds. The maximum Gasteiger partial charge on any atom is 0.490 e. The Balaban J connectivity index is 3.98. The van der Waals surface area contributed by atoms with Crippen LogP contribution in [0.3, 0.4) is 0 Å². The highest BCUT2D eigenvalue weighted by molar-refractivity contribution is 5.82. The molecule has 0 aliphatic heterocycles. The first kappa shape index (κ1) is 30.5. The summed E-state index contributed by atoms with van der Waals surface area (Å²) in [6.07, 6.45) is 4.77. The third-order valence-electron chi connectivity index (χ3n) is 5.15. The van der Waals surface area contributed by atoms with E-state index in [9.17, 15) is 35.9 Å². The summed E-state index contributed by atoms with van der Waals surface area (Å²) >= 11 is 0. The van der Waals surface area contributed by atoms with E-state index in [0.29, 0.717) is 12.8 Å². The van der Waals surface area contributed by atoms with Crippen LogP contribution in [0.15, 0.2) is 0 Å². The van der Waals surface area contributed by atoms with Gasteiger partial charge in [0, 0.05) is 0 Å². The second-order valence-electron chi connectivity index (χ2n) is 8.15. The fourth-order valence-corrected chi connectivity index (χ4v) is 3.31. The Kier molecular flexibility index (Phi) is 16.3. The standard InChI is InChI=1S/C22H37F6NO3/c1-2-3-4-5-6-7-8-9-10-11-12-13-14-15-16-18(29-19(30)21(23,24)25)17-32-20(31)22(26,27)28/h18H,2-17H2,1H3,(H,29,30). The quantitative estimate of drug-likeness (QED) is 0.131. The molecule has 190 valence electrons. The average molecular weight is 478 g/mol. The van der Waals surface area contributed by atoms with Gasteiger partial charge in [-0.1, -0.05) is 96.8 Å². The Morgan fingerprint density at radius 2 is 1.09 bits per heavy atom. The minimum absolute atomic E-state index is 0.00894. The second-order valence-corrected chi connectivity index (χ2v) is 8.15. The van der Waals surface area contributed by atoms with Crippen LogP contribution in [0.25, 0.3) is 0 Å². The van der Waals surface area contributed by atoms with Gasteiger partial charge in [0.1, 0.15) is 6.61 Å². The number of halogens is 6. The van der Waals surface area contributed by atoms with E-state index in [1.165, 1.54) is 51.4 Å². The number of esters is 1. The third kappa shape index (κ3) is 17.1. The number of rotatable bonds is 18. The molecule has 1 unspecified atom stereocenters. The number of carbonyl (C=O) groups excluding carboxylic acids is 2. The zero-order valence-electron chi connectivity index (χ0n) is 18.9. The summed E-state index contributed by atoms with van der Waals surface area (Å²) in [5.41, 5.74) is 0. The number of ether oxygens (including phenoxy) is 1. The molecule has 1 N–H and O–H groups in total. The van der Waals surface area contributed by atoms with Crippen LogP contribution in [0.2, 0.25) is 0 Å². The van der Waals surface area contributed by atoms with Crippen molar-refractivity contribution in [3.8, 4) is 0 Å². The lowest BCUT2D eigenvalue weighted by Crippen LogP contribution is -2.46. The van der Waals surface area contributed by atoms with Crippen LogP contribution in [0.4, 0.5) is 26.3 Å². The Morgan fingerprint density at radius 1 is 0.688 bits per heavy atom. The molecule has 0 aliphatic carbocycles. The number of nitrogens with one attached hydrogen (secondary N) is 1. The fraction of sp³-hybridized carbons (Fsp3) is 0.909. The molecule has 0 aromatic carbocycles. The predicted molar refractivity (Wildman–Crippen MR) is 110 cm³/mol. The molecule has 0 bridgehead atoms. The van der Waals surface area contributed by atoms with Gasteiger partial charge in [-0.15, -0.1) is 0 Å². The topological polar surface area (TPSA) is 55.4 Å². The minimum atomic E-state index is -5.24. The summed E-state index contributed by atoms with van der Waals surface area (Å²) in [4.78, 5) is 21.8. The van der Waals surface area contributed by atoms with E-state index >= 15 is 0 Å². The third-order valence-corrected chi connectivity index (χ3v) is 5.15. The van der Waals surface area contributed by atoms with E-state index < -0.39 is 36.9 Å². The minimum Gasteiger partial charge on any atom is -0.457 e. The van der Waals surface area contributed by atoms with E-state index in [1.54, 1.807) is 5.32 Å². The number of hydrogen-bond acceptors (Lipinski definition) is 3. The molecule has 0 aromatic heterocycles. The van der Waals surface area contributed by atoms with Gasteiger partial charge in [0.05, 0.1) is 6.04 Å². The van der Waals surface area contributed by atoms with Crippen molar-refractivity contribution in [2.45, 2.75) is 122 Å². The number of unbranched alkanes of at least 4 members (excludes halogenated alkanes) is 13. The number of carbonyl (C=O) groups is 2. The zero-order valence-corrected chi connectivity index (χ0v) is 18.9. The van der Waals surface area contributed by atoms with Gasteiger partial charge in [0.15, 0.2) is 0 Å². The van der Waals surface area contributed by atoms with Crippen molar-refractivity contribution in [3.05, 3.63) is 0 Å².